The lowest BCUT2D eigenvalue weighted by molar-refractivity contribution is 1.11. The SMILES string of the molecule is Cc1nc(C)c(CNc2ccccc2Cl)s1. The quantitative estimate of drug-likeness (QED) is 0.892. The lowest BCUT2D eigenvalue weighted by Gasteiger charge is -2.06. The lowest BCUT2D eigenvalue weighted by Crippen LogP contribution is -1.99. The fraction of sp³-hybridized carbons (Fsp3) is 0.250. The summed E-state index contributed by atoms with van der Waals surface area (Å²) in [7, 11) is 0. The van der Waals surface area contributed by atoms with Gasteiger partial charge in [0.1, 0.15) is 0 Å². The number of rotatable bonds is 3. The molecule has 0 bridgehead atoms. The molecule has 1 aromatic carbocycles. The molecule has 2 aromatic rings. The Morgan fingerprint density at radius 1 is 1.31 bits per heavy atom. The summed E-state index contributed by atoms with van der Waals surface area (Å²) >= 11 is 7.78. The number of aromatic nitrogens is 1. The van der Waals surface area contributed by atoms with Crippen molar-refractivity contribution in [3.05, 3.63) is 44.9 Å². The molecule has 1 N–H and O–H groups in total. The molecule has 0 saturated carbocycles. The summed E-state index contributed by atoms with van der Waals surface area (Å²) < 4.78 is 0. The van der Waals surface area contributed by atoms with Crippen molar-refractivity contribution in [1.82, 2.24) is 4.98 Å². The Morgan fingerprint density at radius 2 is 2.06 bits per heavy atom. The zero-order chi connectivity index (χ0) is 11.5. The van der Waals surface area contributed by atoms with Gasteiger partial charge in [-0.15, -0.1) is 11.3 Å². The van der Waals surface area contributed by atoms with Crippen molar-refractivity contribution in [2.75, 3.05) is 5.32 Å². The normalized spacial score (nSPS) is 10.4. The first-order valence-corrected chi connectivity index (χ1v) is 6.27. The molecule has 2 rings (SSSR count). The van der Waals surface area contributed by atoms with Gasteiger partial charge in [0.15, 0.2) is 0 Å². The molecular formula is C12H13ClN2S. The molecule has 2 nitrogen and oxygen atoms in total. The van der Waals surface area contributed by atoms with Crippen molar-refractivity contribution in [3.63, 3.8) is 0 Å². The molecule has 0 aliphatic carbocycles. The number of aryl methyl sites for hydroxylation is 2. The molecule has 0 radical (unpaired) electrons. The zero-order valence-electron chi connectivity index (χ0n) is 9.25. The summed E-state index contributed by atoms with van der Waals surface area (Å²) in [5.41, 5.74) is 2.07. The molecule has 0 aliphatic rings. The maximum absolute atomic E-state index is 6.06. The minimum atomic E-state index is 0.751. The van der Waals surface area contributed by atoms with E-state index in [0.717, 1.165) is 28.0 Å². The van der Waals surface area contributed by atoms with Crippen LogP contribution < -0.4 is 5.32 Å². The van der Waals surface area contributed by atoms with Gasteiger partial charge in [0.25, 0.3) is 0 Å². The number of nitrogens with one attached hydrogen (secondary N) is 1. The molecule has 0 atom stereocenters. The van der Waals surface area contributed by atoms with Gasteiger partial charge < -0.3 is 5.32 Å². The molecule has 0 saturated heterocycles. The molecule has 4 heteroatoms. The van der Waals surface area contributed by atoms with Crippen LogP contribution in [0, 0.1) is 13.8 Å². The van der Waals surface area contributed by atoms with E-state index in [1.807, 2.05) is 38.1 Å². The van der Waals surface area contributed by atoms with E-state index in [1.54, 1.807) is 11.3 Å². The maximum Gasteiger partial charge on any atom is 0.0900 e. The van der Waals surface area contributed by atoms with Gasteiger partial charge in [0.2, 0.25) is 0 Å². The van der Waals surface area contributed by atoms with E-state index in [2.05, 4.69) is 10.3 Å². The van der Waals surface area contributed by atoms with E-state index in [1.165, 1.54) is 4.88 Å². The summed E-state index contributed by atoms with van der Waals surface area (Å²) in [6.07, 6.45) is 0. The summed E-state index contributed by atoms with van der Waals surface area (Å²) in [6.45, 7) is 4.84. The van der Waals surface area contributed by atoms with Crippen molar-refractivity contribution in [1.29, 1.82) is 0 Å². The first-order valence-electron chi connectivity index (χ1n) is 5.08. The summed E-state index contributed by atoms with van der Waals surface area (Å²) in [6, 6.07) is 7.76. The van der Waals surface area contributed by atoms with E-state index in [0.29, 0.717) is 0 Å². The van der Waals surface area contributed by atoms with Crippen molar-refractivity contribution in [2.45, 2.75) is 20.4 Å². The van der Waals surface area contributed by atoms with Gasteiger partial charge in [0, 0.05) is 4.88 Å². The molecule has 84 valence electrons. The molecule has 16 heavy (non-hydrogen) atoms. The average molecular weight is 253 g/mol. The molecule has 0 aliphatic heterocycles. The molecule has 0 unspecified atom stereocenters. The second-order valence-corrected chi connectivity index (χ2v) is 5.27. The number of anilines is 1. The Morgan fingerprint density at radius 3 is 2.69 bits per heavy atom. The third-order valence-corrected chi connectivity index (χ3v) is 3.72. The molecule has 1 aromatic heterocycles. The number of hydrogen-bond donors (Lipinski definition) is 1. The zero-order valence-corrected chi connectivity index (χ0v) is 10.8. The van der Waals surface area contributed by atoms with E-state index in [4.69, 9.17) is 11.6 Å². The Bertz CT molecular complexity index is 494. The number of thiazole rings is 1. The molecule has 0 fully saturated rings. The van der Waals surface area contributed by atoms with Crippen LogP contribution in [0.5, 0.6) is 0 Å². The summed E-state index contributed by atoms with van der Waals surface area (Å²) in [5, 5.41) is 5.18. The number of hydrogen-bond acceptors (Lipinski definition) is 3. The summed E-state index contributed by atoms with van der Waals surface area (Å²) in [5.74, 6) is 0. The maximum atomic E-state index is 6.06. The van der Waals surface area contributed by atoms with Crippen LogP contribution in [-0.4, -0.2) is 4.98 Å². The fourth-order valence-electron chi connectivity index (χ4n) is 1.52. The molecular weight excluding hydrogens is 240 g/mol. The van der Waals surface area contributed by atoms with Crippen LogP contribution in [-0.2, 0) is 6.54 Å². The van der Waals surface area contributed by atoms with Gasteiger partial charge in [-0.2, -0.15) is 0 Å². The van der Waals surface area contributed by atoms with E-state index >= 15 is 0 Å². The Hall–Kier alpha value is -1.06. The van der Waals surface area contributed by atoms with Crippen LogP contribution in [0.4, 0.5) is 5.69 Å². The van der Waals surface area contributed by atoms with Gasteiger partial charge in [0.05, 0.1) is 28.0 Å². The number of nitrogens with zero attached hydrogens (tertiary/aromatic N) is 1. The predicted octanol–water partition coefficient (Wildman–Crippen LogP) is 4.03. The van der Waals surface area contributed by atoms with E-state index < -0.39 is 0 Å². The van der Waals surface area contributed by atoms with Crippen molar-refractivity contribution < 1.29 is 0 Å². The van der Waals surface area contributed by atoms with Gasteiger partial charge in [-0.25, -0.2) is 4.98 Å². The van der Waals surface area contributed by atoms with Gasteiger partial charge in [-0.3, -0.25) is 0 Å². The van der Waals surface area contributed by atoms with Crippen LogP contribution in [0.25, 0.3) is 0 Å². The van der Waals surface area contributed by atoms with Crippen LogP contribution in [0.15, 0.2) is 24.3 Å². The second kappa shape index (κ2) is 4.85. The monoisotopic (exact) mass is 252 g/mol. The fourth-order valence-corrected chi connectivity index (χ4v) is 2.60. The average Bonchev–Trinajstić information content (AvgIpc) is 2.56. The first-order chi connectivity index (χ1) is 7.66. The third-order valence-electron chi connectivity index (χ3n) is 2.31. The highest BCUT2D eigenvalue weighted by molar-refractivity contribution is 7.11. The van der Waals surface area contributed by atoms with Gasteiger partial charge in [-0.1, -0.05) is 23.7 Å². The van der Waals surface area contributed by atoms with E-state index in [9.17, 15) is 0 Å². The second-order valence-electron chi connectivity index (χ2n) is 3.57. The van der Waals surface area contributed by atoms with Crippen LogP contribution in [0.1, 0.15) is 15.6 Å². The minimum Gasteiger partial charge on any atom is -0.379 e. The standard InChI is InChI=1S/C12H13ClN2S/c1-8-12(16-9(2)15-8)7-14-11-6-4-3-5-10(11)13/h3-6,14H,7H2,1-2H3. The first kappa shape index (κ1) is 11.4. The smallest absolute Gasteiger partial charge is 0.0900 e. The Labute approximate surface area is 104 Å². The minimum absolute atomic E-state index is 0.751. The van der Waals surface area contributed by atoms with Crippen LogP contribution >= 0.6 is 22.9 Å². The number of para-hydroxylation sites is 1. The van der Waals surface area contributed by atoms with Gasteiger partial charge in [-0.05, 0) is 26.0 Å². The van der Waals surface area contributed by atoms with Crippen molar-refractivity contribution in [2.24, 2.45) is 0 Å². The summed E-state index contributed by atoms with van der Waals surface area (Å²) in [4.78, 5) is 5.65. The van der Waals surface area contributed by atoms with E-state index in [-0.39, 0.29) is 0 Å². The molecule has 1 heterocycles. The number of benzene rings is 1. The highest BCUT2D eigenvalue weighted by atomic mass is 35.5. The van der Waals surface area contributed by atoms with Crippen LogP contribution in [0.2, 0.25) is 5.02 Å². The third kappa shape index (κ3) is 2.54. The molecule has 0 amide bonds. The lowest BCUT2D eigenvalue weighted by atomic mass is 10.3. The highest BCUT2D eigenvalue weighted by Crippen LogP contribution is 2.23. The van der Waals surface area contributed by atoms with Crippen molar-refractivity contribution in [3.8, 4) is 0 Å². The highest BCUT2D eigenvalue weighted by Gasteiger charge is 2.05. The largest absolute Gasteiger partial charge is 0.379 e. The van der Waals surface area contributed by atoms with Gasteiger partial charge >= 0.3 is 0 Å². The topological polar surface area (TPSA) is 24.9 Å². The van der Waals surface area contributed by atoms with Crippen LogP contribution in [0.3, 0.4) is 0 Å². The number of halogens is 1. The Kier molecular flexibility index (Phi) is 3.46. The Balaban J connectivity index is 2.08. The predicted molar refractivity (Wildman–Crippen MR) is 70.4 cm³/mol. The molecule has 0 spiro atoms. The van der Waals surface area contributed by atoms with Crippen molar-refractivity contribution >= 4 is 28.6 Å².